The van der Waals surface area contributed by atoms with Crippen molar-refractivity contribution in [3.63, 3.8) is 0 Å². The fourth-order valence-corrected chi connectivity index (χ4v) is 2.99. The second-order valence-electron chi connectivity index (χ2n) is 4.95. The van der Waals surface area contributed by atoms with Crippen molar-refractivity contribution >= 4 is 11.3 Å². The summed E-state index contributed by atoms with van der Waals surface area (Å²) in [6.45, 7) is 7.11. The zero-order valence-corrected chi connectivity index (χ0v) is 11.7. The van der Waals surface area contributed by atoms with Crippen LogP contribution in [0.5, 0.6) is 0 Å². The summed E-state index contributed by atoms with van der Waals surface area (Å²) in [5.74, 6) is 0. The Balaban J connectivity index is 2.06. The Morgan fingerprint density at radius 2 is 2.41 bits per heavy atom. The molecule has 4 heteroatoms. The molecule has 17 heavy (non-hydrogen) atoms. The minimum Gasteiger partial charge on any atom is -0.374 e. The maximum Gasteiger partial charge on any atom is 0.0896 e. The Hall–Kier alpha value is -0.420. The van der Waals surface area contributed by atoms with Crippen LogP contribution in [-0.2, 0) is 4.74 Å². The van der Waals surface area contributed by atoms with Gasteiger partial charge >= 0.3 is 0 Å². The molecule has 1 fully saturated rings. The number of nitrogens with one attached hydrogen (secondary N) is 1. The summed E-state index contributed by atoms with van der Waals surface area (Å²) in [6, 6.07) is 3.11. The van der Waals surface area contributed by atoms with E-state index in [-0.39, 0.29) is 6.10 Å². The maximum absolute atomic E-state index is 5.94. The molecular weight excluding hydrogens is 232 g/mol. The predicted molar refractivity (Wildman–Crippen MR) is 72.6 cm³/mol. The van der Waals surface area contributed by atoms with Crippen molar-refractivity contribution in [1.82, 2.24) is 10.2 Å². The summed E-state index contributed by atoms with van der Waals surface area (Å²) in [7, 11) is 2.19. The maximum atomic E-state index is 5.94. The van der Waals surface area contributed by atoms with E-state index in [0.717, 1.165) is 19.7 Å². The van der Waals surface area contributed by atoms with Crippen LogP contribution >= 0.6 is 11.3 Å². The van der Waals surface area contributed by atoms with Gasteiger partial charge < -0.3 is 10.1 Å². The molecule has 0 amide bonds. The lowest BCUT2D eigenvalue weighted by atomic mass is 10.0. The highest BCUT2D eigenvalue weighted by molar-refractivity contribution is 7.07. The molecule has 2 unspecified atom stereocenters. The van der Waals surface area contributed by atoms with Gasteiger partial charge in [-0.2, -0.15) is 11.3 Å². The van der Waals surface area contributed by atoms with Crippen LogP contribution in [0.2, 0.25) is 0 Å². The van der Waals surface area contributed by atoms with Gasteiger partial charge in [-0.05, 0) is 29.4 Å². The molecule has 1 N–H and O–H groups in total. The van der Waals surface area contributed by atoms with Crippen molar-refractivity contribution < 1.29 is 4.74 Å². The van der Waals surface area contributed by atoms with Gasteiger partial charge in [0.1, 0.15) is 0 Å². The SMILES string of the molecule is CC(C)NCC1OCCN(C)C1c1ccsc1. The number of likely N-dealkylation sites (N-methyl/N-ethyl adjacent to an activating group) is 1. The summed E-state index contributed by atoms with van der Waals surface area (Å²) in [5, 5.41) is 7.86. The molecule has 1 aliphatic rings. The fraction of sp³-hybridized carbons (Fsp3) is 0.692. The first-order valence-electron chi connectivity index (χ1n) is 6.26. The van der Waals surface area contributed by atoms with Crippen LogP contribution in [0.3, 0.4) is 0 Å². The Kier molecular flexibility index (Phi) is 4.56. The predicted octanol–water partition coefficient (Wildman–Crippen LogP) is 2.12. The van der Waals surface area contributed by atoms with E-state index in [1.54, 1.807) is 11.3 Å². The first-order chi connectivity index (χ1) is 8.18. The lowest BCUT2D eigenvalue weighted by Crippen LogP contribution is -2.48. The second-order valence-corrected chi connectivity index (χ2v) is 5.73. The van der Waals surface area contributed by atoms with Crippen molar-refractivity contribution in [3.05, 3.63) is 22.4 Å². The molecule has 2 atom stereocenters. The zero-order chi connectivity index (χ0) is 12.3. The van der Waals surface area contributed by atoms with E-state index < -0.39 is 0 Å². The van der Waals surface area contributed by atoms with Crippen LogP contribution in [0, 0.1) is 0 Å². The van der Waals surface area contributed by atoms with E-state index in [9.17, 15) is 0 Å². The number of thiophene rings is 1. The van der Waals surface area contributed by atoms with Crippen LogP contribution in [0.25, 0.3) is 0 Å². The van der Waals surface area contributed by atoms with Gasteiger partial charge in [-0.3, -0.25) is 4.90 Å². The molecule has 0 saturated carbocycles. The van der Waals surface area contributed by atoms with Crippen LogP contribution in [0.4, 0.5) is 0 Å². The van der Waals surface area contributed by atoms with E-state index in [1.807, 2.05) is 0 Å². The van der Waals surface area contributed by atoms with E-state index in [2.05, 4.69) is 47.9 Å². The molecule has 2 heterocycles. The molecule has 0 bridgehead atoms. The monoisotopic (exact) mass is 254 g/mol. The lowest BCUT2D eigenvalue weighted by Gasteiger charge is -2.39. The first kappa shape index (κ1) is 13.0. The van der Waals surface area contributed by atoms with Gasteiger partial charge in [0.05, 0.1) is 18.8 Å². The Morgan fingerprint density at radius 3 is 3.06 bits per heavy atom. The summed E-state index contributed by atoms with van der Waals surface area (Å²) in [4.78, 5) is 2.40. The van der Waals surface area contributed by atoms with Gasteiger partial charge in [-0.15, -0.1) is 0 Å². The number of hydrogen-bond donors (Lipinski definition) is 1. The third-order valence-electron chi connectivity index (χ3n) is 3.21. The van der Waals surface area contributed by atoms with Gasteiger partial charge in [-0.25, -0.2) is 0 Å². The topological polar surface area (TPSA) is 24.5 Å². The highest BCUT2D eigenvalue weighted by Gasteiger charge is 2.31. The minimum absolute atomic E-state index is 0.255. The third-order valence-corrected chi connectivity index (χ3v) is 3.92. The van der Waals surface area contributed by atoms with Crippen LogP contribution in [0.1, 0.15) is 25.5 Å². The molecule has 0 spiro atoms. The molecule has 2 rings (SSSR count). The molecule has 1 aromatic heterocycles. The van der Waals surface area contributed by atoms with E-state index in [4.69, 9.17) is 4.74 Å². The van der Waals surface area contributed by atoms with Gasteiger partial charge in [0.25, 0.3) is 0 Å². The normalized spacial score (nSPS) is 26.6. The Morgan fingerprint density at radius 1 is 1.59 bits per heavy atom. The summed E-state index contributed by atoms with van der Waals surface area (Å²) < 4.78 is 5.94. The van der Waals surface area contributed by atoms with Gasteiger partial charge in [-0.1, -0.05) is 13.8 Å². The van der Waals surface area contributed by atoms with Crippen LogP contribution in [-0.4, -0.2) is 43.8 Å². The average Bonchev–Trinajstić information content (AvgIpc) is 2.79. The number of hydrogen-bond acceptors (Lipinski definition) is 4. The van der Waals surface area contributed by atoms with Crippen LogP contribution < -0.4 is 5.32 Å². The molecular formula is C13H22N2OS. The van der Waals surface area contributed by atoms with Crippen molar-refractivity contribution in [3.8, 4) is 0 Å². The zero-order valence-electron chi connectivity index (χ0n) is 10.8. The molecule has 3 nitrogen and oxygen atoms in total. The molecule has 96 valence electrons. The summed E-state index contributed by atoms with van der Waals surface area (Å²) >= 11 is 1.76. The first-order valence-corrected chi connectivity index (χ1v) is 7.20. The standard InChI is InChI=1S/C13H22N2OS/c1-10(2)14-8-12-13(11-4-7-17-9-11)15(3)5-6-16-12/h4,7,9-10,12-14H,5-6,8H2,1-3H3. The molecule has 0 radical (unpaired) electrons. The molecule has 0 aromatic carbocycles. The van der Waals surface area contributed by atoms with Crippen molar-refractivity contribution in [1.29, 1.82) is 0 Å². The largest absolute Gasteiger partial charge is 0.374 e. The van der Waals surface area contributed by atoms with Crippen molar-refractivity contribution in [2.24, 2.45) is 0 Å². The number of rotatable bonds is 4. The quantitative estimate of drug-likeness (QED) is 0.891. The molecule has 1 aromatic rings. The van der Waals surface area contributed by atoms with E-state index in [1.165, 1.54) is 5.56 Å². The van der Waals surface area contributed by atoms with Crippen LogP contribution in [0.15, 0.2) is 16.8 Å². The minimum atomic E-state index is 0.255. The highest BCUT2D eigenvalue weighted by Crippen LogP contribution is 2.29. The number of ether oxygens (including phenoxy) is 1. The summed E-state index contributed by atoms with van der Waals surface area (Å²) in [6.07, 6.45) is 0.255. The third kappa shape index (κ3) is 3.28. The van der Waals surface area contributed by atoms with Gasteiger partial charge in [0, 0.05) is 19.1 Å². The Bertz CT molecular complexity index is 326. The fourth-order valence-electron chi connectivity index (χ4n) is 2.30. The summed E-state index contributed by atoms with van der Waals surface area (Å²) in [5.41, 5.74) is 1.38. The second kappa shape index (κ2) is 5.96. The number of morpholine rings is 1. The number of nitrogens with zero attached hydrogens (tertiary/aromatic N) is 1. The average molecular weight is 254 g/mol. The molecule has 0 aliphatic carbocycles. The van der Waals surface area contributed by atoms with Gasteiger partial charge in [0.2, 0.25) is 0 Å². The molecule has 1 saturated heterocycles. The van der Waals surface area contributed by atoms with Crippen molar-refractivity contribution in [2.45, 2.75) is 32.0 Å². The van der Waals surface area contributed by atoms with Crippen molar-refractivity contribution in [2.75, 3.05) is 26.7 Å². The van der Waals surface area contributed by atoms with E-state index in [0.29, 0.717) is 12.1 Å². The highest BCUT2D eigenvalue weighted by atomic mass is 32.1. The smallest absolute Gasteiger partial charge is 0.0896 e. The Labute approximate surface area is 108 Å². The molecule has 1 aliphatic heterocycles. The lowest BCUT2D eigenvalue weighted by molar-refractivity contribution is -0.0618. The van der Waals surface area contributed by atoms with E-state index >= 15 is 0 Å². The van der Waals surface area contributed by atoms with Gasteiger partial charge in [0.15, 0.2) is 0 Å².